The molecule has 4 aliphatic carbocycles. The number of hydrogen-bond donors (Lipinski definition) is 1. The van der Waals surface area contributed by atoms with Gasteiger partial charge in [0.15, 0.2) is 0 Å². The van der Waals surface area contributed by atoms with E-state index < -0.39 is 34.7 Å². The zero-order valence-electron chi connectivity index (χ0n) is 16.5. The first-order valence-corrected chi connectivity index (χ1v) is 10.0. The van der Waals surface area contributed by atoms with Crippen molar-refractivity contribution in [2.24, 2.45) is 40.4 Å². The zero-order chi connectivity index (χ0) is 19.0. The summed E-state index contributed by atoms with van der Waals surface area (Å²) < 4.78 is 12.6. The fraction of sp³-hybridized carbons (Fsp3) is 0.905. The van der Waals surface area contributed by atoms with Crippen molar-refractivity contribution in [2.75, 3.05) is 7.11 Å². The molecule has 0 unspecified atom stereocenters. The number of methoxy groups -OCH3 is 1. The minimum Gasteiger partial charge on any atom is -0.390 e. The Labute approximate surface area is 154 Å². The predicted molar refractivity (Wildman–Crippen MR) is 93.3 cm³/mol. The van der Waals surface area contributed by atoms with E-state index in [9.17, 15) is 14.7 Å². The molecule has 1 aliphatic heterocycles. The predicted octanol–water partition coefficient (Wildman–Crippen LogP) is 2.00. The molecule has 5 heteroatoms. The first kappa shape index (κ1) is 17.3. The number of ether oxygens (including phenoxy) is 2. The Morgan fingerprint density at radius 3 is 2.42 bits per heavy atom. The number of carbonyl (C=O) groups is 2. The van der Waals surface area contributed by atoms with Gasteiger partial charge in [-0.1, -0.05) is 27.7 Å². The van der Waals surface area contributed by atoms with Gasteiger partial charge in [-0.2, -0.15) is 0 Å². The van der Waals surface area contributed by atoms with Gasteiger partial charge in [-0.05, 0) is 25.7 Å². The maximum atomic E-state index is 13.7. The van der Waals surface area contributed by atoms with Gasteiger partial charge in [-0.25, -0.2) is 0 Å². The first-order chi connectivity index (χ1) is 12.0. The minimum absolute atomic E-state index is 0.109. The van der Waals surface area contributed by atoms with Crippen molar-refractivity contribution < 1.29 is 24.2 Å². The summed E-state index contributed by atoms with van der Waals surface area (Å²) >= 11 is 0. The molecule has 144 valence electrons. The van der Waals surface area contributed by atoms with E-state index in [1.54, 1.807) is 7.11 Å². The van der Waals surface area contributed by atoms with Crippen LogP contribution in [0.3, 0.4) is 0 Å². The van der Waals surface area contributed by atoms with Crippen molar-refractivity contribution in [3.63, 3.8) is 0 Å². The molecule has 0 aromatic heterocycles. The van der Waals surface area contributed by atoms with Gasteiger partial charge in [-0.15, -0.1) is 0 Å². The molecule has 0 aromatic carbocycles. The molecular formula is C21H30O5. The van der Waals surface area contributed by atoms with Gasteiger partial charge in [0.25, 0.3) is 0 Å². The Bertz CT molecular complexity index is 730. The van der Waals surface area contributed by atoms with Gasteiger partial charge in [0.2, 0.25) is 0 Å². The highest BCUT2D eigenvalue weighted by molar-refractivity contribution is 6.00. The lowest BCUT2D eigenvalue weighted by atomic mass is 9.52. The largest absolute Gasteiger partial charge is 0.390 e. The second-order valence-corrected chi connectivity index (χ2v) is 10.5. The summed E-state index contributed by atoms with van der Waals surface area (Å²) in [5.41, 5.74) is -2.44. The molecule has 4 saturated carbocycles. The highest BCUT2D eigenvalue weighted by atomic mass is 16.6. The number of hydrogen-bond acceptors (Lipinski definition) is 5. The standard InChI is InChI=1S/C21H30O5/c1-9-7-11-18(3,4)21(11)14-16(24)19(5,26-21)17(25-6)12-13(22)10(2)8-20(12,14)15(9)23/h9-12,14,16-17,24H,7-8H2,1-6H3/t9-,10+,11+,12-,14-,16-,17-,19+,20+,21+/m1/s1. The number of aliphatic hydroxyl groups is 1. The van der Waals surface area contributed by atoms with Gasteiger partial charge >= 0.3 is 0 Å². The zero-order valence-corrected chi connectivity index (χ0v) is 16.5. The Morgan fingerprint density at radius 1 is 1.15 bits per heavy atom. The van der Waals surface area contributed by atoms with Crippen molar-refractivity contribution in [3.05, 3.63) is 0 Å². The van der Waals surface area contributed by atoms with E-state index in [-0.39, 0.29) is 40.7 Å². The Balaban J connectivity index is 1.84. The van der Waals surface area contributed by atoms with E-state index in [0.29, 0.717) is 6.42 Å². The number of aliphatic hydroxyl groups excluding tert-OH is 1. The van der Waals surface area contributed by atoms with Crippen LogP contribution in [-0.4, -0.2) is 47.2 Å². The summed E-state index contributed by atoms with van der Waals surface area (Å²) in [6.45, 7) is 10.2. The average Bonchev–Trinajstić information content (AvgIpc) is 2.78. The van der Waals surface area contributed by atoms with Crippen LogP contribution in [0.4, 0.5) is 0 Å². The third-order valence-corrected chi connectivity index (χ3v) is 9.23. The van der Waals surface area contributed by atoms with Gasteiger partial charge in [0.1, 0.15) is 17.2 Å². The van der Waals surface area contributed by atoms with Crippen LogP contribution in [0, 0.1) is 40.4 Å². The van der Waals surface area contributed by atoms with E-state index >= 15 is 0 Å². The van der Waals surface area contributed by atoms with Gasteiger partial charge < -0.3 is 14.6 Å². The molecule has 0 radical (unpaired) electrons. The van der Waals surface area contributed by atoms with E-state index in [4.69, 9.17) is 9.47 Å². The molecule has 5 fully saturated rings. The van der Waals surface area contributed by atoms with Crippen LogP contribution in [0.2, 0.25) is 0 Å². The summed E-state index contributed by atoms with van der Waals surface area (Å²) in [7, 11) is 1.58. The number of fused-ring (bicyclic) bond motifs is 1. The molecule has 0 aromatic rings. The van der Waals surface area contributed by atoms with Crippen LogP contribution >= 0.6 is 0 Å². The van der Waals surface area contributed by atoms with Gasteiger partial charge in [-0.3, -0.25) is 9.59 Å². The molecule has 5 rings (SSSR count). The second-order valence-electron chi connectivity index (χ2n) is 10.5. The fourth-order valence-corrected chi connectivity index (χ4v) is 8.16. The lowest BCUT2D eigenvalue weighted by molar-refractivity contribution is -0.201. The van der Waals surface area contributed by atoms with Crippen LogP contribution in [-0.2, 0) is 19.1 Å². The Hall–Kier alpha value is -0.780. The number of rotatable bonds is 1. The third kappa shape index (κ3) is 1.38. The SMILES string of the molecule is CO[C@@H]1[C@H]2C(=O)[C@@H](C)C[C@]23C(=O)[C@H](C)C[C@H]2C(C)(C)[C@]24O[C@@]1(C)[C@H](O)[C@H]34. The smallest absolute Gasteiger partial charge is 0.143 e. The van der Waals surface area contributed by atoms with E-state index in [1.807, 2.05) is 20.8 Å². The van der Waals surface area contributed by atoms with E-state index in [0.717, 1.165) is 6.42 Å². The maximum absolute atomic E-state index is 13.7. The topological polar surface area (TPSA) is 72.8 Å². The van der Waals surface area contributed by atoms with Gasteiger partial charge in [0, 0.05) is 30.3 Å². The highest BCUT2D eigenvalue weighted by Crippen LogP contribution is 2.82. The average molecular weight is 362 g/mol. The first-order valence-electron chi connectivity index (χ1n) is 10.0. The van der Waals surface area contributed by atoms with Crippen LogP contribution in [0.1, 0.15) is 47.5 Å². The Morgan fingerprint density at radius 2 is 1.81 bits per heavy atom. The molecule has 26 heavy (non-hydrogen) atoms. The van der Waals surface area contributed by atoms with Crippen molar-refractivity contribution in [3.8, 4) is 0 Å². The lowest BCUT2D eigenvalue weighted by Gasteiger charge is -2.51. The maximum Gasteiger partial charge on any atom is 0.143 e. The molecule has 0 amide bonds. The monoisotopic (exact) mass is 362 g/mol. The molecule has 5 nitrogen and oxygen atoms in total. The highest BCUT2D eigenvalue weighted by Gasteiger charge is 2.91. The van der Waals surface area contributed by atoms with Crippen molar-refractivity contribution in [1.29, 1.82) is 0 Å². The summed E-state index contributed by atoms with van der Waals surface area (Å²) in [5, 5.41) is 11.5. The quantitative estimate of drug-likeness (QED) is 0.772. The molecule has 1 saturated heterocycles. The Kier molecular flexibility index (Phi) is 2.96. The van der Waals surface area contributed by atoms with Crippen LogP contribution in [0.25, 0.3) is 0 Å². The fourth-order valence-electron chi connectivity index (χ4n) is 8.16. The summed E-state index contributed by atoms with van der Waals surface area (Å²) in [4.78, 5) is 27.0. The number of Topliss-reactive ketones (excluding diaryl/α,β-unsaturated/α-hetero) is 2. The van der Waals surface area contributed by atoms with Crippen LogP contribution in [0.5, 0.6) is 0 Å². The van der Waals surface area contributed by atoms with Crippen LogP contribution in [0.15, 0.2) is 0 Å². The summed E-state index contributed by atoms with van der Waals surface area (Å²) in [5.74, 6) is -0.633. The van der Waals surface area contributed by atoms with E-state index in [2.05, 4.69) is 13.8 Å². The van der Waals surface area contributed by atoms with Crippen molar-refractivity contribution >= 4 is 11.6 Å². The lowest BCUT2D eigenvalue weighted by Crippen LogP contribution is -2.66. The molecule has 1 heterocycles. The normalized spacial score (nSPS) is 61.9. The molecule has 2 bridgehead atoms. The molecule has 1 N–H and O–H groups in total. The van der Waals surface area contributed by atoms with Crippen LogP contribution < -0.4 is 0 Å². The molecule has 2 spiro atoms. The second kappa shape index (κ2) is 4.44. The minimum atomic E-state index is -0.944. The molecule has 5 aliphatic rings. The third-order valence-electron chi connectivity index (χ3n) is 9.23. The summed E-state index contributed by atoms with van der Waals surface area (Å²) in [6, 6.07) is 0. The van der Waals surface area contributed by atoms with E-state index in [1.165, 1.54) is 0 Å². The molecule has 10 atom stereocenters. The number of carbonyl (C=O) groups excluding carboxylic acids is 2. The van der Waals surface area contributed by atoms with Gasteiger partial charge in [0.05, 0.1) is 29.1 Å². The van der Waals surface area contributed by atoms with Crippen molar-refractivity contribution in [1.82, 2.24) is 0 Å². The van der Waals surface area contributed by atoms with Crippen molar-refractivity contribution in [2.45, 2.75) is 70.9 Å². The summed E-state index contributed by atoms with van der Waals surface area (Å²) in [6.07, 6.45) is -0.0809. The molecular weight excluding hydrogens is 332 g/mol. The number of ketones is 2.